The van der Waals surface area contributed by atoms with Crippen molar-refractivity contribution in [1.82, 2.24) is 4.98 Å². The molecule has 0 bridgehead atoms. The second kappa shape index (κ2) is 3.34. The van der Waals surface area contributed by atoms with E-state index in [1.54, 1.807) is 18.3 Å². The normalized spacial score (nSPS) is 15.5. The van der Waals surface area contributed by atoms with Crippen molar-refractivity contribution in [3.8, 4) is 0 Å². The van der Waals surface area contributed by atoms with E-state index in [-0.39, 0.29) is 11.8 Å². The molecule has 4 heteroatoms. The fourth-order valence-electron chi connectivity index (χ4n) is 1.04. The second-order valence-electron chi connectivity index (χ2n) is 3.13. The molecule has 0 saturated heterocycles. The first-order valence-corrected chi connectivity index (χ1v) is 4.56. The molecule has 1 N–H and O–H groups in total. The molecule has 1 fully saturated rings. The van der Waals surface area contributed by atoms with Crippen LogP contribution in [0.15, 0.2) is 18.3 Å². The third kappa shape index (κ3) is 2.18. The largest absolute Gasteiger partial charge is 0.324 e. The van der Waals surface area contributed by atoms with Crippen LogP contribution < -0.4 is 5.32 Å². The van der Waals surface area contributed by atoms with Crippen LogP contribution in [0.25, 0.3) is 0 Å². The van der Waals surface area contributed by atoms with Crippen molar-refractivity contribution < 1.29 is 4.79 Å². The summed E-state index contributed by atoms with van der Waals surface area (Å²) in [7, 11) is 0. The molecule has 1 heterocycles. The molecular weight excluding hydrogens is 188 g/mol. The predicted octanol–water partition coefficient (Wildman–Crippen LogP) is 2.08. The van der Waals surface area contributed by atoms with Gasteiger partial charge < -0.3 is 5.32 Å². The molecule has 1 amide bonds. The Hall–Kier alpha value is -1.09. The average molecular weight is 197 g/mol. The van der Waals surface area contributed by atoms with Gasteiger partial charge in [0.1, 0.15) is 5.15 Å². The van der Waals surface area contributed by atoms with Gasteiger partial charge in [-0.25, -0.2) is 4.98 Å². The van der Waals surface area contributed by atoms with Crippen molar-refractivity contribution in [2.45, 2.75) is 12.8 Å². The number of nitrogens with one attached hydrogen (secondary N) is 1. The molecule has 0 radical (unpaired) electrons. The van der Waals surface area contributed by atoms with Gasteiger partial charge in [0.05, 0.1) is 11.9 Å². The Morgan fingerprint density at radius 3 is 2.85 bits per heavy atom. The van der Waals surface area contributed by atoms with E-state index >= 15 is 0 Å². The van der Waals surface area contributed by atoms with E-state index in [0.29, 0.717) is 10.8 Å². The molecular formula is C9H9ClN2O. The summed E-state index contributed by atoms with van der Waals surface area (Å²) in [6.45, 7) is 0. The zero-order valence-electron chi connectivity index (χ0n) is 6.96. The summed E-state index contributed by atoms with van der Waals surface area (Å²) in [4.78, 5) is 15.2. The molecule has 0 spiro atoms. The van der Waals surface area contributed by atoms with E-state index in [9.17, 15) is 4.79 Å². The molecule has 0 aliphatic heterocycles. The topological polar surface area (TPSA) is 42.0 Å². The molecule has 2 rings (SSSR count). The summed E-state index contributed by atoms with van der Waals surface area (Å²) in [5.74, 6) is 0.305. The van der Waals surface area contributed by atoms with E-state index < -0.39 is 0 Å². The van der Waals surface area contributed by atoms with Gasteiger partial charge in [0.15, 0.2) is 0 Å². The Balaban J connectivity index is 2.00. The van der Waals surface area contributed by atoms with Gasteiger partial charge in [0.2, 0.25) is 5.91 Å². The van der Waals surface area contributed by atoms with Gasteiger partial charge in [-0.15, -0.1) is 0 Å². The Morgan fingerprint density at radius 2 is 2.31 bits per heavy atom. The smallest absolute Gasteiger partial charge is 0.227 e. The number of carbonyl (C=O) groups is 1. The van der Waals surface area contributed by atoms with Crippen molar-refractivity contribution >= 4 is 23.2 Å². The Labute approximate surface area is 81.1 Å². The average Bonchev–Trinajstić information content (AvgIpc) is 2.91. The second-order valence-corrected chi connectivity index (χ2v) is 3.52. The summed E-state index contributed by atoms with van der Waals surface area (Å²) < 4.78 is 0. The minimum absolute atomic E-state index is 0.0872. The quantitative estimate of drug-likeness (QED) is 0.736. The predicted molar refractivity (Wildman–Crippen MR) is 50.6 cm³/mol. The van der Waals surface area contributed by atoms with Gasteiger partial charge >= 0.3 is 0 Å². The van der Waals surface area contributed by atoms with Gasteiger partial charge in [-0.2, -0.15) is 0 Å². The summed E-state index contributed by atoms with van der Waals surface area (Å²) >= 11 is 5.60. The van der Waals surface area contributed by atoms with Crippen LogP contribution in [0.4, 0.5) is 5.69 Å². The number of pyridine rings is 1. The van der Waals surface area contributed by atoms with Crippen LogP contribution in [-0.4, -0.2) is 10.9 Å². The number of nitrogens with zero attached hydrogens (tertiary/aromatic N) is 1. The van der Waals surface area contributed by atoms with Crippen molar-refractivity contribution in [2.75, 3.05) is 5.32 Å². The van der Waals surface area contributed by atoms with Crippen LogP contribution in [-0.2, 0) is 4.79 Å². The van der Waals surface area contributed by atoms with Crippen LogP contribution >= 0.6 is 11.6 Å². The van der Waals surface area contributed by atoms with E-state index in [1.807, 2.05) is 0 Å². The lowest BCUT2D eigenvalue weighted by Gasteiger charge is -2.02. The molecule has 1 aromatic rings. The molecule has 0 unspecified atom stereocenters. The Bertz CT molecular complexity index is 319. The highest BCUT2D eigenvalue weighted by atomic mass is 35.5. The van der Waals surface area contributed by atoms with E-state index in [0.717, 1.165) is 12.8 Å². The number of rotatable bonds is 2. The maximum Gasteiger partial charge on any atom is 0.227 e. The number of aromatic nitrogens is 1. The van der Waals surface area contributed by atoms with Crippen molar-refractivity contribution in [2.24, 2.45) is 5.92 Å². The highest BCUT2D eigenvalue weighted by Crippen LogP contribution is 2.30. The zero-order valence-corrected chi connectivity index (χ0v) is 7.71. The summed E-state index contributed by atoms with van der Waals surface area (Å²) in [6, 6.07) is 3.40. The zero-order chi connectivity index (χ0) is 9.26. The summed E-state index contributed by atoms with van der Waals surface area (Å²) in [5.41, 5.74) is 0.710. The van der Waals surface area contributed by atoms with Gasteiger partial charge in [-0.1, -0.05) is 11.6 Å². The molecule has 0 atom stereocenters. The molecule has 13 heavy (non-hydrogen) atoms. The molecule has 1 saturated carbocycles. The fraction of sp³-hybridized carbons (Fsp3) is 0.333. The standard InChI is InChI=1S/C9H9ClN2O/c10-8-4-3-7(5-11-8)12-9(13)6-1-2-6/h3-6H,1-2H2,(H,12,13). The van der Waals surface area contributed by atoms with Crippen LogP contribution in [0.5, 0.6) is 0 Å². The highest BCUT2D eigenvalue weighted by molar-refractivity contribution is 6.29. The number of hydrogen-bond donors (Lipinski definition) is 1. The monoisotopic (exact) mass is 196 g/mol. The lowest BCUT2D eigenvalue weighted by atomic mass is 10.3. The maximum atomic E-state index is 11.3. The Morgan fingerprint density at radius 1 is 1.54 bits per heavy atom. The lowest BCUT2D eigenvalue weighted by molar-refractivity contribution is -0.117. The first-order chi connectivity index (χ1) is 6.25. The summed E-state index contributed by atoms with van der Waals surface area (Å²) in [5, 5.41) is 3.21. The molecule has 1 aliphatic carbocycles. The first-order valence-electron chi connectivity index (χ1n) is 4.18. The molecule has 3 nitrogen and oxygen atoms in total. The Kier molecular flexibility index (Phi) is 2.19. The third-order valence-electron chi connectivity index (χ3n) is 1.94. The van der Waals surface area contributed by atoms with E-state index in [4.69, 9.17) is 11.6 Å². The number of halogens is 1. The van der Waals surface area contributed by atoms with Gasteiger partial charge in [-0.3, -0.25) is 4.79 Å². The van der Waals surface area contributed by atoms with Gasteiger partial charge in [0.25, 0.3) is 0 Å². The third-order valence-corrected chi connectivity index (χ3v) is 2.17. The molecule has 1 aromatic heterocycles. The minimum Gasteiger partial charge on any atom is -0.324 e. The van der Waals surface area contributed by atoms with Crippen molar-refractivity contribution in [3.05, 3.63) is 23.5 Å². The molecule has 1 aliphatic rings. The number of hydrogen-bond acceptors (Lipinski definition) is 2. The number of amides is 1. The van der Waals surface area contributed by atoms with Gasteiger partial charge in [-0.05, 0) is 25.0 Å². The lowest BCUT2D eigenvalue weighted by Crippen LogP contribution is -2.13. The van der Waals surface area contributed by atoms with Crippen molar-refractivity contribution in [1.29, 1.82) is 0 Å². The van der Waals surface area contributed by atoms with Crippen LogP contribution in [0.2, 0.25) is 5.15 Å². The highest BCUT2D eigenvalue weighted by Gasteiger charge is 2.29. The van der Waals surface area contributed by atoms with E-state index in [2.05, 4.69) is 10.3 Å². The fourth-order valence-corrected chi connectivity index (χ4v) is 1.15. The van der Waals surface area contributed by atoms with Crippen LogP contribution in [0.1, 0.15) is 12.8 Å². The van der Waals surface area contributed by atoms with Crippen LogP contribution in [0.3, 0.4) is 0 Å². The van der Waals surface area contributed by atoms with Gasteiger partial charge in [0, 0.05) is 5.92 Å². The summed E-state index contributed by atoms with van der Waals surface area (Å²) in [6.07, 6.45) is 3.57. The molecule has 68 valence electrons. The van der Waals surface area contributed by atoms with Crippen LogP contribution in [0, 0.1) is 5.92 Å². The van der Waals surface area contributed by atoms with E-state index in [1.165, 1.54) is 0 Å². The number of anilines is 1. The SMILES string of the molecule is O=C(Nc1ccc(Cl)nc1)C1CC1. The molecule has 0 aromatic carbocycles. The maximum absolute atomic E-state index is 11.3. The first kappa shape index (κ1) is 8.51. The number of carbonyl (C=O) groups excluding carboxylic acids is 1. The minimum atomic E-state index is 0.0872. The van der Waals surface area contributed by atoms with Crippen molar-refractivity contribution in [3.63, 3.8) is 0 Å².